The Balaban J connectivity index is 1.89. The van der Waals surface area contributed by atoms with Gasteiger partial charge in [0.2, 0.25) is 0 Å². The third kappa shape index (κ3) is 3.40. The highest BCUT2D eigenvalue weighted by molar-refractivity contribution is 7.85. The molecule has 0 atom stereocenters. The molecule has 0 bridgehead atoms. The molecule has 2 N–H and O–H groups in total. The minimum atomic E-state index is -4.20. The molecule has 0 saturated carbocycles. The van der Waals surface area contributed by atoms with Gasteiger partial charge in [-0.15, -0.1) is 0 Å². The Morgan fingerprint density at radius 2 is 1.52 bits per heavy atom. The Hall–Kier alpha value is -2.25. The number of benzene rings is 2. The number of nitrogens with zero attached hydrogens (tertiary/aromatic N) is 2. The quantitative estimate of drug-likeness (QED) is 0.657. The van der Waals surface area contributed by atoms with E-state index in [0.717, 1.165) is 42.5 Å². The van der Waals surface area contributed by atoms with Gasteiger partial charge in [0.1, 0.15) is 5.75 Å². The van der Waals surface area contributed by atoms with Crippen LogP contribution in [0.25, 0.3) is 0 Å². The molecule has 2 aromatic carbocycles. The van der Waals surface area contributed by atoms with Crippen molar-refractivity contribution in [3.05, 3.63) is 47.5 Å². The van der Waals surface area contributed by atoms with Crippen LogP contribution in [0.3, 0.4) is 0 Å². The molecular weight excluding hydrogens is 316 g/mol. The van der Waals surface area contributed by atoms with E-state index in [4.69, 9.17) is 4.55 Å². The molecule has 0 aromatic heterocycles. The van der Waals surface area contributed by atoms with Crippen LogP contribution in [-0.4, -0.2) is 18.1 Å². The van der Waals surface area contributed by atoms with Gasteiger partial charge in [-0.3, -0.25) is 4.55 Å². The van der Waals surface area contributed by atoms with Crippen molar-refractivity contribution in [3.8, 4) is 5.75 Å². The molecule has 0 heterocycles. The second-order valence-electron chi connectivity index (χ2n) is 5.44. The van der Waals surface area contributed by atoms with Crippen LogP contribution < -0.4 is 0 Å². The Morgan fingerprint density at radius 1 is 0.870 bits per heavy atom. The van der Waals surface area contributed by atoms with E-state index >= 15 is 0 Å². The third-order valence-corrected chi connectivity index (χ3v) is 4.76. The molecule has 120 valence electrons. The number of phenols is 1. The zero-order chi connectivity index (χ0) is 16.4. The van der Waals surface area contributed by atoms with Gasteiger partial charge in [0, 0.05) is 0 Å². The first-order valence-corrected chi connectivity index (χ1v) is 8.72. The molecule has 3 rings (SSSR count). The molecule has 0 radical (unpaired) electrons. The van der Waals surface area contributed by atoms with Gasteiger partial charge in [0.05, 0.1) is 16.3 Å². The van der Waals surface area contributed by atoms with E-state index in [2.05, 4.69) is 10.2 Å². The topological polar surface area (TPSA) is 99.3 Å². The summed E-state index contributed by atoms with van der Waals surface area (Å²) in [7, 11) is -4.20. The molecule has 0 amide bonds. The van der Waals surface area contributed by atoms with E-state index in [0.29, 0.717) is 11.4 Å². The first kappa shape index (κ1) is 15.6. The average Bonchev–Trinajstić information content (AvgIpc) is 2.54. The number of hydrogen-bond donors (Lipinski definition) is 2. The SMILES string of the molecule is O=S(=O)(O)c1ccc(N=Nc2ccc(O)c3c2CCCC3)cc1. The molecule has 6 nitrogen and oxygen atoms in total. The molecule has 0 fully saturated rings. The molecule has 0 unspecified atom stereocenters. The fourth-order valence-electron chi connectivity index (χ4n) is 2.72. The molecule has 2 aromatic rings. The Morgan fingerprint density at radius 3 is 2.17 bits per heavy atom. The third-order valence-electron chi connectivity index (χ3n) is 3.89. The van der Waals surface area contributed by atoms with E-state index < -0.39 is 10.1 Å². The summed E-state index contributed by atoms with van der Waals surface area (Å²) >= 11 is 0. The molecule has 0 aliphatic heterocycles. The van der Waals surface area contributed by atoms with Crippen molar-refractivity contribution in [2.24, 2.45) is 10.2 Å². The zero-order valence-corrected chi connectivity index (χ0v) is 13.1. The average molecular weight is 332 g/mol. The number of hydrogen-bond acceptors (Lipinski definition) is 5. The largest absolute Gasteiger partial charge is 0.508 e. The lowest BCUT2D eigenvalue weighted by Gasteiger charge is -2.18. The lowest BCUT2D eigenvalue weighted by Crippen LogP contribution is -2.02. The van der Waals surface area contributed by atoms with Crippen LogP contribution in [0.5, 0.6) is 5.75 Å². The van der Waals surface area contributed by atoms with Gasteiger partial charge in [-0.25, -0.2) is 0 Å². The van der Waals surface area contributed by atoms with E-state index in [1.54, 1.807) is 12.1 Å². The van der Waals surface area contributed by atoms with Gasteiger partial charge in [0.25, 0.3) is 10.1 Å². The van der Waals surface area contributed by atoms with Crippen molar-refractivity contribution in [1.29, 1.82) is 0 Å². The number of azo groups is 1. The predicted octanol–water partition coefficient (Wildman–Crippen LogP) is 3.93. The van der Waals surface area contributed by atoms with Gasteiger partial charge < -0.3 is 5.11 Å². The lowest BCUT2D eigenvalue weighted by molar-refractivity contribution is 0.462. The molecule has 0 saturated heterocycles. The van der Waals surface area contributed by atoms with Crippen molar-refractivity contribution >= 4 is 21.5 Å². The van der Waals surface area contributed by atoms with Crippen molar-refractivity contribution in [2.75, 3.05) is 0 Å². The first-order chi connectivity index (χ1) is 10.9. The van der Waals surface area contributed by atoms with Crippen LogP contribution >= 0.6 is 0 Å². The van der Waals surface area contributed by atoms with Gasteiger partial charge in [-0.2, -0.15) is 18.6 Å². The molecular formula is C16H16N2O4S. The number of rotatable bonds is 3. The van der Waals surface area contributed by atoms with Crippen LogP contribution in [0.4, 0.5) is 11.4 Å². The highest BCUT2D eigenvalue weighted by Gasteiger charge is 2.16. The van der Waals surface area contributed by atoms with Crippen LogP contribution in [0.15, 0.2) is 51.5 Å². The molecule has 1 aliphatic rings. The van der Waals surface area contributed by atoms with Crippen molar-refractivity contribution < 1.29 is 18.1 Å². The Labute approximate surface area is 134 Å². The normalized spacial score (nSPS) is 14.8. The molecule has 1 aliphatic carbocycles. The number of phenolic OH excluding ortho intramolecular Hbond substituents is 1. The Bertz CT molecular complexity index is 858. The van der Waals surface area contributed by atoms with E-state index in [1.165, 1.54) is 24.3 Å². The number of fused-ring (bicyclic) bond motifs is 1. The van der Waals surface area contributed by atoms with Crippen LogP contribution in [0.1, 0.15) is 24.0 Å². The van der Waals surface area contributed by atoms with E-state index in [1.807, 2.05) is 0 Å². The van der Waals surface area contributed by atoms with E-state index in [9.17, 15) is 13.5 Å². The fourth-order valence-corrected chi connectivity index (χ4v) is 3.20. The molecule has 0 spiro atoms. The summed E-state index contributed by atoms with van der Waals surface area (Å²) in [6, 6.07) is 8.85. The van der Waals surface area contributed by atoms with Gasteiger partial charge in [0.15, 0.2) is 0 Å². The highest BCUT2D eigenvalue weighted by atomic mass is 32.2. The molecule has 23 heavy (non-hydrogen) atoms. The predicted molar refractivity (Wildman–Crippen MR) is 85.2 cm³/mol. The molecule has 7 heteroatoms. The summed E-state index contributed by atoms with van der Waals surface area (Å²) in [6.45, 7) is 0. The summed E-state index contributed by atoms with van der Waals surface area (Å²) in [5, 5.41) is 18.2. The standard InChI is InChI=1S/C16H16N2O4S/c19-16-10-9-15(13-3-1-2-4-14(13)16)18-17-11-5-7-12(8-6-11)23(20,21)22/h5-10,19H,1-4H2,(H,20,21,22). The fraction of sp³-hybridized carbons (Fsp3) is 0.250. The second-order valence-corrected chi connectivity index (χ2v) is 6.86. The summed E-state index contributed by atoms with van der Waals surface area (Å²) < 4.78 is 30.9. The second kappa shape index (κ2) is 6.10. The minimum Gasteiger partial charge on any atom is -0.508 e. The highest BCUT2D eigenvalue weighted by Crippen LogP contribution is 2.36. The maximum absolute atomic E-state index is 11.0. The summed E-state index contributed by atoms with van der Waals surface area (Å²) in [4.78, 5) is -0.182. The zero-order valence-electron chi connectivity index (χ0n) is 12.3. The smallest absolute Gasteiger partial charge is 0.294 e. The maximum Gasteiger partial charge on any atom is 0.294 e. The lowest BCUT2D eigenvalue weighted by atomic mass is 9.90. The first-order valence-electron chi connectivity index (χ1n) is 7.28. The maximum atomic E-state index is 11.0. The summed E-state index contributed by atoms with van der Waals surface area (Å²) in [5.74, 6) is 0.302. The van der Waals surface area contributed by atoms with Gasteiger partial charge in [-0.05, 0) is 73.2 Å². The Kier molecular flexibility index (Phi) is 4.14. The minimum absolute atomic E-state index is 0.182. The monoisotopic (exact) mass is 332 g/mol. The number of aromatic hydroxyl groups is 1. The van der Waals surface area contributed by atoms with Crippen molar-refractivity contribution in [3.63, 3.8) is 0 Å². The van der Waals surface area contributed by atoms with Crippen molar-refractivity contribution in [2.45, 2.75) is 30.6 Å². The summed E-state index contributed by atoms with van der Waals surface area (Å²) in [5.41, 5.74) is 3.16. The summed E-state index contributed by atoms with van der Waals surface area (Å²) in [6.07, 6.45) is 3.81. The van der Waals surface area contributed by atoms with Crippen LogP contribution in [0, 0.1) is 0 Å². The van der Waals surface area contributed by atoms with Gasteiger partial charge in [-0.1, -0.05) is 0 Å². The van der Waals surface area contributed by atoms with Crippen molar-refractivity contribution in [1.82, 2.24) is 0 Å². The van der Waals surface area contributed by atoms with Gasteiger partial charge >= 0.3 is 0 Å². The van der Waals surface area contributed by atoms with E-state index in [-0.39, 0.29) is 4.90 Å². The van der Waals surface area contributed by atoms with Crippen LogP contribution in [-0.2, 0) is 23.0 Å². The van der Waals surface area contributed by atoms with Crippen LogP contribution in [0.2, 0.25) is 0 Å².